The fourth-order valence-electron chi connectivity index (χ4n) is 3.13. The van der Waals surface area contributed by atoms with E-state index in [-0.39, 0.29) is 12.4 Å². The number of rotatable bonds is 6. The van der Waals surface area contributed by atoms with Gasteiger partial charge in [-0.2, -0.15) is 0 Å². The van der Waals surface area contributed by atoms with Crippen LogP contribution in [0.3, 0.4) is 0 Å². The predicted molar refractivity (Wildman–Crippen MR) is 106 cm³/mol. The zero-order valence-electron chi connectivity index (χ0n) is 14.5. The summed E-state index contributed by atoms with van der Waals surface area (Å²) in [6, 6.07) is 12.8. The molecule has 0 atom stereocenters. The van der Waals surface area contributed by atoms with Gasteiger partial charge in [0.1, 0.15) is 0 Å². The summed E-state index contributed by atoms with van der Waals surface area (Å²) < 4.78 is 0. The molecule has 0 radical (unpaired) electrons. The molecule has 1 heterocycles. The van der Waals surface area contributed by atoms with Crippen molar-refractivity contribution in [2.45, 2.75) is 13.0 Å². The molecule has 1 fully saturated rings. The average Bonchev–Trinajstić information content (AvgIpc) is 2.67. The minimum absolute atomic E-state index is 0.0471. The number of ketones is 1. The maximum atomic E-state index is 12.3. The van der Waals surface area contributed by atoms with Gasteiger partial charge >= 0.3 is 0 Å². The topological polar surface area (TPSA) is 43.8 Å². The first-order valence-corrected chi connectivity index (χ1v) is 9.48. The molecule has 1 N–H and O–H groups in total. The quantitative estimate of drug-likeness (QED) is 0.757. The number of nitrogens with zero attached hydrogens (tertiary/aromatic N) is 2. The van der Waals surface area contributed by atoms with E-state index >= 15 is 0 Å². The van der Waals surface area contributed by atoms with Crippen LogP contribution in [0.1, 0.15) is 22.3 Å². The third-order valence-corrected chi connectivity index (χ3v) is 5.37. The van der Waals surface area contributed by atoms with Crippen molar-refractivity contribution in [2.75, 3.05) is 37.6 Å². The SMILES string of the molecule is O=C(CCN1CCN(c2ccc(CO)c(Cl)c2)CC1)c1ccc(Cl)cc1. The molecule has 0 bridgehead atoms. The summed E-state index contributed by atoms with van der Waals surface area (Å²) in [6.07, 6.45) is 0.513. The minimum Gasteiger partial charge on any atom is -0.392 e. The van der Waals surface area contributed by atoms with E-state index in [1.54, 1.807) is 24.3 Å². The summed E-state index contributed by atoms with van der Waals surface area (Å²) in [5.41, 5.74) is 2.53. The van der Waals surface area contributed by atoms with Crippen molar-refractivity contribution in [3.63, 3.8) is 0 Å². The monoisotopic (exact) mass is 392 g/mol. The number of anilines is 1. The highest BCUT2D eigenvalue weighted by atomic mass is 35.5. The lowest BCUT2D eigenvalue weighted by Gasteiger charge is -2.36. The molecule has 2 aromatic carbocycles. The summed E-state index contributed by atoms with van der Waals surface area (Å²) in [6.45, 7) is 4.32. The Morgan fingerprint density at radius 3 is 2.31 bits per heavy atom. The zero-order valence-corrected chi connectivity index (χ0v) is 16.0. The second-order valence-electron chi connectivity index (χ2n) is 6.44. The molecule has 0 spiro atoms. The molecule has 0 aromatic heterocycles. The average molecular weight is 393 g/mol. The van der Waals surface area contributed by atoms with Crippen molar-refractivity contribution >= 4 is 34.7 Å². The number of carbonyl (C=O) groups excluding carboxylic acids is 1. The molecule has 2 aromatic rings. The fraction of sp³-hybridized carbons (Fsp3) is 0.350. The zero-order chi connectivity index (χ0) is 18.5. The lowest BCUT2D eigenvalue weighted by atomic mass is 10.1. The Labute approximate surface area is 163 Å². The van der Waals surface area contributed by atoms with Gasteiger partial charge in [0.25, 0.3) is 0 Å². The fourth-order valence-corrected chi connectivity index (χ4v) is 3.49. The van der Waals surface area contributed by atoms with Crippen LogP contribution in [0.15, 0.2) is 42.5 Å². The molecule has 0 saturated carbocycles. The summed E-state index contributed by atoms with van der Waals surface area (Å²) in [5.74, 6) is 0.149. The predicted octanol–water partition coefficient (Wildman–Crippen LogP) is 3.88. The molecule has 1 aliphatic heterocycles. The molecular formula is C20H22Cl2N2O2. The first-order valence-electron chi connectivity index (χ1n) is 8.72. The normalized spacial score (nSPS) is 15.3. The third-order valence-electron chi connectivity index (χ3n) is 4.77. The molecule has 0 aliphatic carbocycles. The second kappa shape index (κ2) is 8.87. The Kier molecular flexibility index (Phi) is 6.54. The number of halogens is 2. The van der Waals surface area contributed by atoms with Crippen molar-refractivity contribution < 1.29 is 9.90 Å². The van der Waals surface area contributed by atoms with E-state index in [0.717, 1.165) is 44.0 Å². The van der Waals surface area contributed by atoms with Crippen LogP contribution in [0.2, 0.25) is 10.0 Å². The lowest BCUT2D eigenvalue weighted by molar-refractivity contribution is 0.0962. The van der Waals surface area contributed by atoms with E-state index in [9.17, 15) is 9.90 Å². The van der Waals surface area contributed by atoms with Crippen LogP contribution >= 0.6 is 23.2 Å². The molecule has 4 nitrogen and oxygen atoms in total. The molecule has 26 heavy (non-hydrogen) atoms. The van der Waals surface area contributed by atoms with Gasteiger partial charge in [-0.1, -0.05) is 29.3 Å². The van der Waals surface area contributed by atoms with E-state index < -0.39 is 0 Å². The van der Waals surface area contributed by atoms with Gasteiger partial charge in [-0.15, -0.1) is 0 Å². The van der Waals surface area contributed by atoms with Gasteiger partial charge in [0.2, 0.25) is 0 Å². The van der Waals surface area contributed by atoms with Crippen LogP contribution in [0, 0.1) is 0 Å². The van der Waals surface area contributed by atoms with Crippen molar-refractivity contribution in [2.24, 2.45) is 0 Å². The molecule has 138 valence electrons. The summed E-state index contributed by atoms with van der Waals surface area (Å²) in [4.78, 5) is 16.9. The number of carbonyl (C=O) groups is 1. The minimum atomic E-state index is -0.0471. The maximum absolute atomic E-state index is 12.3. The highest BCUT2D eigenvalue weighted by Gasteiger charge is 2.18. The van der Waals surface area contributed by atoms with Gasteiger partial charge in [0.15, 0.2) is 5.78 Å². The van der Waals surface area contributed by atoms with Crippen molar-refractivity contribution in [1.29, 1.82) is 0 Å². The van der Waals surface area contributed by atoms with E-state index in [0.29, 0.717) is 22.0 Å². The number of benzene rings is 2. The molecule has 1 aliphatic rings. The van der Waals surface area contributed by atoms with Gasteiger partial charge in [0, 0.05) is 60.4 Å². The number of hydrogen-bond donors (Lipinski definition) is 1. The highest BCUT2D eigenvalue weighted by Crippen LogP contribution is 2.24. The van der Waals surface area contributed by atoms with Gasteiger partial charge in [0.05, 0.1) is 6.61 Å². The van der Waals surface area contributed by atoms with Crippen molar-refractivity contribution in [3.8, 4) is 0 Å². The molecule has 6 heteroatoms. The molecular weight excluding hydrogens is 371 g/mol. The largest absolute Gasteiger partial charge is 0.392 e. The van der Waals surface area contributed by atoms with E-state index in [1.165, 1.54) is 0 Å². The number of hydrogen-bond acceptors (Lipinski definition) is 4. The third kappa shape index (κ3) is 4.77. The Morgan fingerprint density at radius 2 is 1.69 bits per heavy atom. The first-order chi connectivity index (χ1) is 12.6. The van der Waals surface area contributed by atoms with Crippen LogP contribution in [-0.4, -0.2) is 48.5 Å². The maximum Gasteiger partial charge on any atom is 0.164 e. The Balaban J connectivity index is 1.48. The number of piperazine rings is 1. The standard InChI is InChI=1S/C20H22Cl2N2O2/c21-17-4-1-15(2-5-17)20(26)7-8-23-9-11-24(12-10-23)18-6-3-16(14-25)19(22)13-18/h1-6,13,25H,7-12,14H2. The van der Waals surface area contributed by atoms with Gasteiger partial charge < -0.3 is 10.0 Å². The lowest BCUT2D eigenvalue weighted by Crippen LogP contribution is -2.46. The molecule has 0 unspecified atom stereocenters. The van der Waals surface area contributed by atoms with Gasteiger partial charge in [-0.3, -0.25) is 9.69 Å². The Hall–Kier alpha value is -1.59. The summed E-state index contributed by atoms with van der Waals surface area (Å²) in [7, 11) is 0. The van der Waals surface area contributed by atoms with E-state index in [2.05, 4.69) is 9.80 Å². The molecule has 1 saturated heterocycles. The van der Waals surface area contributed by atoms with Crippen LogP contribution in [0.4, 0.5) is 5.69 Å². The smallest absolute Gasteiger partial charge is 0.164 e. The highest BCUT2D eigenvalue weighted by molar-refractivity contribution is 6.31. The Morgan fingerprint density at radius 1 is 1.00 bits per heavy atom. The van der Waals surface area contributed by atoms with Gasteiger partial charge in [-0.25, -0.2) is 0 Å². The number of Topliss-reactive ketones (excluding diaryl/α,β-unsaturated/α-hetero) is 1. The first kappa shape index (κ1) is 19.2. The second-order valence-corrected chi connectivity index (χ2v) is 7.29. The van der Waals surface area contributed by atoms with Crippen LogP contribution in [0.5, 0.6) is 0 Å². The molecule has 0 amide bonds. The van der Waals surface area contributed by atoms with Crippen LogP contribution < -0.4 is 4.90 Å². The van der Waals surface area contributed by atoms with Crippen LogP contribution in [0.25, 0.3) is 0 Å². The van der Waals surface area contributed by atoms with Gasteiger partial charge in [-0.05, 0) is 42.0 Å². The van der Waals surface area contributed by atoms with E-state index in [4.69, 9.17) is 23.2 Å². The molecule has 3 rings (SSSR count). The van der Waals surface area contributed by atoms with E-state index in [1.807, 2.05) is 18.2 Å². The van der Waals surface area contributed by atoms with Crippen LogP contribution in [-0.2, 0) is 6.61 Å². The van der Waals surface area contributed by atoms with Crippen molar-refractivity contribution in [3.05, 3.63) is 63.6 Å². The Bertz CT molecular complexity index is 757. The summed E-state index contributed by atoms with van der Waals surface area (Å²) in [5, 5.41) is 10.5. The number of aliphatic hydroxyl groups excluding tert-OH is 1. The van der Waals surface area contributed by atoms with Crippen molar-refractivity contribution in [1.82, 2.24) is 4.90 Å². The summed E-state index contributed by atoms with van der Waals surface area (Å²) >= 11 is 12.0. The number of aliphatic hydroxyl groups is 1.